The maximum atomic E-state index is 0. The van der Waals surface area contributed by atoms with Crippen molar-refractivity contribution in [1.29, 1.82) is 0 Å². The molecular formula is H5ClNa2OZn. The summed E-state index contributed by atoms with van der Waals surface area (Å²) < 4.78 is 0. The third kappa shape index (κ3) is 19.8. The summed E-state index contributed by atoms with van der Waals surface area (Å²) in [6.07, 6.45) is 0. The van der Waals surface area contributed by atoms with Gasteiger partial charge in [0, 0.05) is 19.5 Å². The molecule has 0 fully saturated rings. The van der Waals surface area contributed by atoms with Gasteiger partial charge in [0.1, 0.15) is 0 Å². The summed E-state index contributed by atoms with van der Waals surface area (Å²) >= 11 is 0. The van der Waals surface area contributed by atoms with Crippen molar-refractivity contribution in [2.24, 2.45) is 0 Å². The van der Waals surface area contributed by atoms with E-state index < -0.39 is 0 Å². The zero-order chi connectivity index (χ0) is 0. The van der Waals surface area contributed by atoms with Crippen LogP contribution in [0.5, 0.6) is 0 Å². The van der Waals surface area contributed by atoms with E-state index in [2.05, 4.69) is 0 Å². The van der Waals surface area contributed by atoms with Gasteiger partial charge >= 0.3 is 59.1 Å². The SMILES string of the molecule is Cl.O.[H-].[H-].[Na+].[Na+].[Zn]. The van der Waals surface area contributed by atoms with Crippen LogP contribution in [-0.2, 0) is 19.5 Å². The molecule has 0 spiro atoms. The third-order valence-electron chi connectivity index (χ3n) is 0. The van der Waals surface area contributed by atoms with Crippen LogP contribution < -0.4 is 59.1 Å². The van der Waals surface area contributed by atoms with Crippen LogP contribution in [0, 0.1) is 0 Å². The molecule has 5 heteroatoms. The monoisotopic (exact) mass is 166 g/mol. The number of hydrogen-bond acceptors (Lipinski definition) is 0. The number of rotatable bonds is 0. The fraction of sp³-hybridized carbons (Fsp3) is 0. The Morgan fingerprint density at radius 1 is 1.00 bits per heavy atom. The van der Waals surface area contributed by atoms with Gasteiger partial charge in [0.05, 0.1) is 0 Å². The molecule has 0 saturated heterocycles. The van der Waals surface area contributed by atoms with Crippen LogP contribution in [0.25, 0.3) is 0 Å². The maximum Gasteiger partial charge on any atom is 1.00 e. The molecule has 0 amide bonds. The second kappa shape index (κ2) is 28.7. The van der Waals surface area contributed by atoms with Gasteiger partial charge in [0.15, 0.2) is 0 Å². The largest absolute Gasteiger partial charge is 1.00 e. The number of halogens is 1. The Kier molecular flexibility index (Phi) is 259. The van der Waals surface area contributed by atoms with E-state index >= 15 is 0 Å². The van der Waals surface area contributed by atoms with Crippen LogP contribution >= 0.6 is 12.4 Å². The van der Waals surface area contributed by atoms with Crippen LogP contribution in [-0.4, -0.2) is 5.48 Å². The zero-order valence-corrected chi connectivity index (χ0v) is 11.4. The molecule has 0 heterocycles. The maximum absolute atomic E-state index is 0. The average Bonchev–Trinajstić information content (AvgIpc) is 0. The van der Waals surface area contributed by atoms with E-state index in [4.69, 9.17) is 0 Å². The molecule has 0 aromatic heterocycles. The zero-order valence-electron chi connectivity index (χ0n) is 5.62. The normalized spacial score (nSPS) is 0. The third-order valence-corrected chi connectivity index (χ3v) is 0. The van der Waals surface area contributed by atoms with Crippen LogP contribution in [0.15, 0.2) is 0 Å². The fourth-order valence-electron chi connectivity index (χ4n) is 0. The van der Waals surface area contributed by atoms with Crippen molar-refractivity contribution < 1.29 is 86.9 Å². The van der Waals surface area contributed by atoms with E-state index in [-0.39, 0.29) is 99.3 Å². The summed E-state index contributed by atoms with van der Waals surface area (Å²) in [4.78, 5) is 0. The van der Waals surface area contributed by atoms with E-state index in [0.29, 0.717) is 0 Å². The van der Waals surface area contributed by atoms with E-state index in [1.54, 1.807) is 0 Å². The van der Waals surface area contributed by atoms with Crippen molar-refractivity contribution in [2.75, 3.05) is 0 Å². The van der Waals surface area contributed by atoms with Gasteiger partial charge in [-0.3, -0.25) is 0 Å². The van der Waals surface area contributed by atoms with Crippen molar-refractivity contribution in [3.8, 4) is 0 Å². The Hall–Kier alpha value is 2.87. The first-order valence-electron chi connectivity index (χ1n) is 0. The topological polar surface area (TPSA) is 31.5 Å². The molecule has 0 aromatic rings. The molecule has 0 saturated carbocycles. The molecule has 0 aromatic carbocycles. The molecule has 5 heavy (non-hydrogen) atoms. The fourth-order valence-corrected chi connectivity index (χ4v) is 0. The average molecular weight is 168 g/mol. The first-order chi connectivity index (χ1) is 0. The Morgan fingerprint density at radius 3 is 1.00 bits per heavy atom. The molecular weight excluding hydrogens is 163 g/mol. The second-order valence-corrected chi connectivity index (χ2v) is 0. The Morgan fingerprint density at radius 2 is 1.00 bits per heavy atom. The summed E-state index contributed by atoms with van der Waals surface area (Å²) in [5, 5.41) is 0. The summed E-state index contributed by atoms with van der Waals surface area (Å²) in [6.45, 7) is 0. The first-order valence-corrected chi connectivity index (χ1v) is 0. The quantitative estimate of drug-likeness (QED) is 0.322. The van der Waals surface area contributed by atoms with Crippen LogP contribution in [0.3, 0.4) is 0 Å². The van der Waals surface area contributed by atoms with Gasteiger partial charge < -0.3 is 8.33 Å². The smallest absolute Gasteiger partial charge is 1.00 e. The predicted octanol–water partition coefficient (Wildman–Crippen LogP) is -6.17. The molecule has 0 radical (unpaired) electrons. The van der Waals surface area contributed by atoms with Gasteiger partial charge in [-0.05, 0) is 0 Å². The van der Waals surface area contributed by atoms with Crippen LogP contribution in [0.4, 0.5) is 0 Å². The van der Waals surface area contributed by atoms with Crippen molar-refractivity contribution >= 4 is 12.4 Å². The van der Waals surface area contributed by atoms with Gasteiger partial charge in [-0.15, -0.1) is 12.4 Å². The minimum atomic E-state index is 0. The summed E-state index contributed by atoms with van der Waals surface area (Å²) in [6, 6.07) is 0. The van der Waals surface area contributed by atoms with E-state index in [0.717, 1.165) is 0 Å². The molecule has 0 atom stereocenters. The van der Waals surface area contributed by atoms with Crippen LogP contribution in [0.1, 0.15) is 2.85 Å². The standard InChI is InChI=1S/ClH.2Na.H2O.Zn.2H/h1H;;;1H2;;;/q;2*+1;;;2*-1. The predicted molar refractivity (Wildman–Crippen MR) is 13.1 cm³/mol. The van der Waals surface area contributed by atoms with Crippen molar-refractivity contribution in [2.45, 2.75) is 0 Å². The van der Waals surface area contributed by atoms with E-state index in [9.17, 15) is 0 Å². The van der Waals surface area contributed by atoms with E-state index in [1.807, 2.05) is 0 Å². The molecule has 22 valence electrons. The minimum Gasteiger partial charge on any atom is -1.00 e. The van der Waals surface area contributed by atoms with Gasteiger partial charge in [-0.25, -0.2) is 0 Å². The van der Waals surface area contributed by atoms with Gasteiger partial charge in [-0.2, -0.15) is 0 Å². The van der Waals surface area contributed by atoms with Gasteiger partial charge in [-0.1, -0.05) is 0 Å². The molecule has 1 nitrogen and oxygen atoms in total. The molecule has 0 rings (SSSR count). The first kappa shape index (κ1) is 45.1. The van der Waals surface area contributed by atoms with Gasteiger partial charge in [0.2, 0.25) is 0 Å². The van der Waals surface area contributed by atoms with Crippen molar-refractivity contribution in [3.05, 3.63) is 0 Å². The molecule has 2 N–H and O–H groups in total. The van der Waals surface area contributed by atoms with E-state index in [1.165, 1.54) is 0 Å². The van der Waals surface area contributed by atoms with Crippen molar-refractivity contribution in [3.63, 3.8) is 0 Å². The summed E-state index contributed by atoms with van der Waals surface area (Å²) in [5.74, 6) is 0. The second-order valence-electron chi connectivity index (χ2n) is 0. The Balaban J connectivity index is 0. The molecule has 0 aliphatic rings. The molecule has 0 bridgehead atoms. The molecule has 0 unspecified atom stereocenters. The van der Waals surface area contributed by atoms with Gasteiger partial charge in [0.25, 0.3) is 0 Å². The number of hydrogen-bond donors (Lipinski definition) is 0. The Bertz CT molecular complexity index is 15.7. The molecule has 0 aliphatic heterocycles. The van der Waals surface area contributed by atoms with Crippen molar-refractivity contribution in [1.82, 2.24) is 0 Å². The Labute approximate surface area is 97.7 Å². The minimum absolute atomic E-state index is 0. The van der Waals surface area contributed by atoms with Crippen LogP contribution in [0.2, 0.25) is 0 Å². The molecule has 0 aliphatic carbocycles. The summed E-state index contributed by atoms with van der Waals surface area (Å²) in [7, 11) is 0. The summed E-state index contributed by atoms with van der Waals surface area (Å²) in [5.41, 5.74) is 0.